The summed E-state index contributed by atoms with van der Waals surface area (Å²) in [5, 5.41) is 17.2. The van der Waals surface area contributed by atoms with Gasteiger partial charge < -0.3 is 10.1 Å². The predicted octanol–water partition coefficient (Wildman–Crippen LogP) is 3.66. The van der Waals surface area contributed by atoms with Crippen molar-refractivity contribution < 1.29 is 9.53 Å². The molecule has 0 aliphatic heterocycles. The van der Waals surface area contributed by atoms with Crippen LogP contribution in [0.3, 0.4) is 0 Å². The predicted molar refractivity (Wildman–Crippen MR) is 100 cm³/mol. The van der Waals surface area contributed by atoms with Crippen molar-refractivity contribution in [2.75, 3.05) is 0 Å². The molecule has 0 fully saturated rings. The summed E-state index contributed by atoms with van der Waals surface area (Å²) in [6.07, 6.45) is -0.788. The molecule has 2 atom stereocenters. The lowest BCUT2D eigenvalue weighted by Crippen LogP contribution is -2.52. The third-order valence-electron chi connectivity index (χ3n) is 4.31. The molecule has 0 bridgehead atoms. The Morgan fingerprint density at radius 2 is 1.96 bits per heavy atom. The standard InChI is InChI=1S/C19H23ClN4O2/c1-12(2)19(5,11-21)22-18(25)14(4)26-17-10-13(3)23-24(17)16-8-6-15(20)7-9-16/h6-10,12,14H,1-5H3,(H,22,25). The SMILES string of the molecule is Cc1cc(OC(C)C(=O)NC(C)(C#N)C(C)C)n(-c2ccc(Cl)cc2)n1. The number of nitriles is 1. The highest BCUT2D eigenvalue weighted by atomic mass is 35.5. The molecule has 0 saturated heterocycles. The first-order valence-electron chi connectivity index (χ1n) is 8.39. The van der Waals surface area contributed by atoms with E-state index in [-0.39, 0.29) is 11.8 Å². The minimum absolute atomic E-state index is 0.0366. The molecule has 1 aromatic carbocycles. The number of rotatable bonds is 6. The van der Waals surface area contributed by atoms with Gasteiger partial charge in [-0.25, -0.2) is 4.68 Å². The molecule has 0 aliphatic carbocycles. The second-order valence-corrected chi connectivity index (χ2v) is 7.17. The van der Waals surface area contributed by atoms with E-state index < -0.39 is 11.6 Å². The smallest absolute Gasteiger partial charge is 0.262 e. The van der Waals surface area contributed by atoms with Crippen molar-refractivity contribution >= 4 is 17.5 Å². The number of aryl methyl sites for hydroxylation is 1. The lowest BCUT2D eigenvalue weighted by Gasteiger charge is -2.28. The zero-order valence-corrected chi connectivity index (χ0v) is 16.3. The van der Waals surface area contributed by atoms with Gasteiger partial charge in [0.1, 0.15) is 5.54 Å². The molecule has 6 nitrogen and oxygen atoms in total. The van der Waals surface area contributed by atoms with Gasteiger partial charge in [0.2, 0.25) is 5.88 Å². The van der Waals surface area contributed by atoms with E-state index in [1.54, 1.807) is 36.7 Å². The second kappa shape index (κ2) is 7.79. The van der Waals surface area contributed by atoms with E-state index >= 15 is 0 Å². The van der Waals surface area contributed by atoms with Crippen LogP contribution in [-0.2, 0) is 4.79 Å². The Morgan fingerprint density at radius 3 is 2.50 bits per heavy atom. The normalized spacial score (nSPS) is 14.4. The third kappa shape index (κ3) is 4.36. The van der Waals surface area contributed by atoms with Crippen LogP contribution >= 0.6 is 11.6 Å². The molecular weight excluding hydrogens is 352 g/mol. The first-order chi connectivity index (χ1) is 12.2. The first kappa shape index (κ1) is 19.8. The molecule has 2 unspecified atom stereocenters. The van der Waals surface area contributed by atoms with E-state index in [0.717, 1.165) is 11.4 Å². The van der Waals surface area contributed by atoms with E-state index in [0.29, 0.717) is 10.9 Å². The van der Waals surface area contributed by atoms with Crippen LogP contribution in [-0.4, -0.2) is 27.3 Å². The molecule has 1 heterocycles. The summed E-state index contributed by atoms with van der Waals surface area (Å²) >= 11 is 5.93. The summed E-state index contributed by atoms with van der Waals surface area (Å²) in [6, 6.07) is 11.1. The molecule has 138 valence electrons. The van der Waals surface area contributed by atoms with Crippen molar-refractivity contribution in [3.63, 3.8) is 0 Å². The Labute approximate surface area is 158 Å². The highest BCUT2D eigenvalue weighted by Gasteiger charge is 2.32. The van der Waals surface area contributed by atoms with Crippen LogP contribution in [0.5, 0.6) is 5.88 Å². The largest absolute Gasteiger partial charge is 0.464 e. The number of ether oxygens (including phenoxy) is 1. The number of aromatic nitrogens is 2. The fourth-order valence-corrected chi connectivity index (χ4v) is 2.35. The number of carbonyl (C=O) groups is 1. The zero-order valence-electron chi connectivity index (χ0n) is 15.6. The van der Waals surface area contributed by atoms with Gasteiger partial charge >= 0.3 is 0 Å². The van der Waals surface area contributed by atoms with Gasteiger partial charge in [0, 0.05) is 11.1 Å². The van der Waals surface area contributed by atoms with Crippen LogP contribution in [0.1, 0.15) is 33.4 Å². The number of hydrogen-bond acceptors (Lipinski definition) is 4. The molecule has 1 N–H and O–H groups in total. The number of hydrogen-bond donors (Lipinski definition) is 1. The van der Waals surface area contributed by atoms with Gasteiger partial charge in [0.25, 0.3) is 5.91 Å². The lowest BCUT2D eigenvalue weighted by molar-refractivity contribution is -0.129. The second-order valence-electron chi connectivity index (χ2n) is 6.73. The van der Waals surface area contributed by atoms with Gasteiger partial charge in [0.05, 0.1) is 17.5 Å². The molecule has 2 aromatic rings. The number of nitrogens with one attached hydrogen (secondary N) is 1. The molecule has 0 saturated carbocycles. The van der Waals surface area contributed by atoms with Crippen molar-refractivity contribution in [3.05, 3.63) is 41.0 Å². The van der Waals surface area contributed by atoms with Crippen molar-refractivity contribution in [2.24, 2.45) is 5.92 Å². The average molecular weight is 375 g/mol. The minimum Gasteiger partial charge on any atom is -0.464 e. The van der Waals surface area contributed by atoms with Crippen LogP contribution in [0, 0.1) is 24.2 Å². The highest BCUT2D eigenvalue weighted by Crippen LogP contribution is 2.22. The monoisotopic (exact) mass is 374 g/mol. The summed E-state index contributed by atoms with van der Waals surface area (Å²) < 4.78 is 7.44. The summed E-state index contributed by atoms with van der Waals surface area (Å²) in [7, 11) is 0. The van der Waals surface area contributed by atoms with E-state index in [1.165, 1.54) is 0 Å². The van der Waals surface area contributed by atoms with Gasteiger partial charge in [-0.15, -0.1) is 0 Å². The number of nitrogens with zero attached hydrogens (tertiary/aromatic N) is 3. The molecule has 0 spiro atoms. The maximum absolute atomic E-state index is 12.5. The zero-order chi connectivity index (χ0) is 19.5. The number of halogens is 1. The summed E-state index contributed by atoms with van der Waals surface area (Å²) in [5.74, 6) is 0.0467. The van der Waals surface area contributed by atoms with Crippen molar-refractivity contribution in [1.82, 2.24) is 15.1 Å². The van der Waals surface area contributed by atoms with Crippen LogP contribution in [0.25, 0.3) is 5.69 Å². The summed E-state index contributed by atoms with van der Waals surface area (Å²) in [5.41, 5.74) is 0.571. The quantitative estimate of drug-likeness (QED) is 0.836. The van der Waals surface area contributed by atoms with Gasteiger partial charge in [-0.2, -0.15) is 10.4 Å². The molecule has 26 heavy (non-hydrogen) atoms. The fourth-order valence-electron chi connectivity index (χ4n) is 2.22. The Morgan fingerprint density at radius 1 is 1.35 bits per heavy atom. The van der Waals surface area contributed by atoms with Crippen LogP contribution in [0.15, 0.2) is 30.3 Å². The van der Waals surface area contributed by atoms with Crippen LogP contribution in [0.4, 0.5) is 0 Å². The Hall–Kier alpha value is -2.52. The molecular formula is C19H23ClN4O2. The van der Waals surface area contributed by atoms with E-state index in [2.05, 4.69) is 16.5 Å². The number of amides is 1. The Bertz CT molecular complexity index is 823. The Kier molecular flexibility index (Phi) is 5.94. The molecule has 0 radical (unpaired) electrons. The van der Waals surface area contributed by atoms with Crippen LogP contribution < -0.4 is 10.1 Å². The van der Waals surface area contributed by atoms with Crippen molar-refractivity contribution in [2.45, 2.75) is 46.3 Å². The maximum Gasteiger partial charge on any atom is 0.262 e. The van der Waals surface area contributed by atoms with Crippen molar-refractivity contribution in [1.29, 1.82) is 5.26 Å². The van der Waals surface area contributed by atoms with Gasteiger partial charge in [-0.05, 0) is 51.0 Å². The first-order valence-corrected chi connectivity index (χ1v) is 8.76. The highest BCUT2D eigenvalue weighted by molar-refractivity contribution is 6.30. The molecule has 0 aliphatic rings. The number of benzene rings is 1. The van der Waals surface area contributed by atoms with Gasteiger partial charge in [-0.1, -0.05) is 25.4 Å². The Balaban J connectivity index is 2.19. The molecule has 1 aromatic heterocycles. The third-order valence-corrected chi connectivity index (χ3v) is 4.56. The summed E-state index contributed by atoms with van der Waals surface area (Å²) in [4.78, 5) is 12.5. The minimum atomic E-state index is -0.957. The van der Waals surface area contributed by atoms with E-state index in [1.807, 2.05) is 32.9 Å². The lowest BCUT2D eigenvalue weighted by atomic mass is 9.90. The van der Waals surface area contributed by atoms with Gasteiger partial charge in [0.15, 0.2) is 6.10 Å². The number of carbonyl (C=O) groups excluding carboxylic acids is 1. The molecule has 2 rings (SSSR count). The van der Waals surface area contributed by atoms with Crippen molar-refractivity contribution in [3.8, 4) is 17.6 Å². The molecule has 7 heteroatoms. The van der Waals surface area contributed by atoms with E-state index in [9.17, 15) is 10.1 Å². The van der Waals surface area contributed by atoms with Gasteiger partial charge in [-0.3, -0.25) is 4.79 Å². The fraction of sp³-hybridized carbons (Fsp3) is 0.421. The maximum atomic E-state index is 12.5. The van der Waals surface area contributed by atoms with E-state index in [4.69, 9.17) is 16.3 Å². The average Bonchev–Trinajstić information content (AvgIpc) is 2.95. The molecule has 1 amide bonds. The topological polar surface area (TPSA) is 79.9 Å². The van der Waals surface area contributed by atoms with Crippen LogP contribution in [0.2, 0.25) is 5.02 Å². The summed E-state index contributed by atoms with van der Waals surface area (Å²) in [6.45, 7) is 8.95.